The first-order valence-electron chi connectivity index (χ1n) is 15.2. The number of fused-ring (bicyclic) bond motifs is 2. The molecule has 2 fully saturated rings. The van der Waals surface area contributed by atoms with Gasteiger partial charge >= 0.3 is 0 Å². The summed E-state index contributed by atoms with van der Waals surface area (Å²) in [4.78, 5) is 16.2. The van der Waals surface area contributed by atoms with E-state index in [0.717, 1.165) is 37.1 Å². The third-order valence-electron chi connectivity index (χ3n) is 9.67. The lowest BCUT2D eigenvalue weighted by Gasteiger charge is -2.49. The summed E-state index contributed by atoms with van der Waals surface area (Å²) in [6, 6.07) is 16.2. The number of rotatable bonds is 7. The van der Waals surface area contributed by atoms with Gasteiger partial charge < -0.3 is 10.1 Å². The summed E-state index contributed by atoms with van der Waals surface area (Å²) in [6.45, 7) is 10.8. The predicted octanol–water partition coefficient (Wildman–Crippen LogP) is 5.60. The lowest BCUT2D eigenvalue weighted by Crippen LogP contribution is -2.58. The van der Waals surface area contributed by atoms with E-state index >= 15 is 0 Å². The number of likely N-dealkylation sites (tertiary alicyclic amines) is 1. The molecule has 1 spiro atoms. The monoisotopic (exact) mass is 623 g/mol. The van der Waals surface area contributed by atoms with Crippen LogP contribution in [0.3, 0.4) is 0 Å². The molecule has 0 radical (unpaired) electrons. The number of halogens is 2. The lowest BCUT2D eigenvalue weighted by molar-refractivity contribution is -0.0771. The molecule has 0 aliphatic carbocycles. The third kappa shape index (κ3) is 5.20. The minimum absolute atomic E-state index is 0.0273. The van der Waals surface area contributed by atoms with Crippen molar-refractivity contribution in [2.45, 2.75) is 68.5 Å². The fourth-order valence-corrected chi connectivity index (χ4v) is 9.16. The summed E-state index contributed by atoms with van der Waals surface area (Å²) < 4.78 is 63.0. The van der Waals surface area contributed by atoms with E-state index in [4.69, 9.17) is 4.74 Å². The second-order valence-corrected chi connectivity index (χ2v) is 15.0. The van der Waals surface area contributed by atoms with E-state index in [1.54, 1.807) is 24.3 Å². The molecule has 3 aromatic carbocycles. The Bertz CT molecular complexity index is 1650. The van der Waals surface area contributed by atoms with Crippen LogP contribution >= 0.6 is 0 Å². The maximum Gasteiger partial charge on any atom is 0.264 e. The van der Waals surface area contributed by atoms with Gasteiger partial charge in [0.2, 0.25) is 0 Å². The number of ether oxygens (including phenoxy) is 1. The minimum atomic E-state index is -4.06. The smallest absolute Gasteiger partial charge is 0.264 e. The highest BCUT2D eigenvalue weighted by atomic mass is 32.2. The van der Waals surface area contributed by atoms with Crippen molar-refractivity contribution in [3.8, 4) is 0 Å². The van der Waals surface area contributed by atoms with Crippen molar-refractivity contribution in [3.05, 3.63) is 95.1 Å². The molecule has 2 saturated heterocycles. The number of nitrogens with zero attached hydrogens (tertiary/aromatic N) is 2. The summed E-state index contributed by atoms with van der Waals surface area (Å²) in [5.41, 5.74) is 1.28. The van der Waals surface area contributed by atoms with Crippen molar-refractivity contribution in [3.63, 3.8) is 0 Å². The highest BCUT2D eigenvalue weighted by Gasteiger charge is 2.57. The topological polar surface area (TPSA) is 79.0 Å². The zero-order valence-corrected chi connectivity index (χ0v) is 26.3. The van der Waals surface area contributed by atoms with Crippen molar-refractivity contribution in [1.82, 2.24) is 10.2 Å². The second kappa shape index (κ2) is 11.2. The minimum Gasteiger partial charge on any atom is -0.378 e. The largest absolute Gasteiger partial charge is 0.378 e. The zero-order chi connectivity index (χ0) is 31.4. The summed E-state index contributed by atoms with van der Waals surface area (Å²) in [7, 11) is -4.06. The van der Waals surface area contributed by atoms with Crippen LogP contribution in [-0.2, 0) is 25.7 Å². The highest BCUT2D eigenvalue weighted by Crippen LogP contribution is 2.55. The Labute approximate surface area is 258 Å². The average Bonchev–Trinajstić information content (AvgIpc) is 3.23. The van der Waals surface area contributed by atoms with Gasteiger partial charge in [0.1, 0.15) is 11.6 Å². The maximum absolute atomic E-state index is 14.3. The highest BCUT2D eigenvalue weighted by molar-refractivity contribution is 7.92. The Morgan fingerprint density at radius 3 is 2.09 bits per heavy atom. The van der Waals surface area contributed by atoms with Crippen LogP contribution in [0.5, 0.6) is 0 Å². The van der Waals surface area contributed by atoms with Gasteiger partial charge in [-0.25, -0.2) is 17.2 Å². The van der Waals surface area contributed by atoms with Gasteiger partial charge in [0, 0.05) is 11.0 Å². The van der Waals surface area contributed by atoms with Gasteiger partial charge in [-0.15, -0.1) is 0 Å². The fourth-order valence-electron chi connectivity index (χ4n) is 7.29. The van der Waals surface area contributed by atoms with E-state index in [9.17, 15) is 22.0 Å². The number of piperidine rings is 1. The number of carbonyl (C=O) groups is 1. The fraction of sp³-hybridized carbons (Fsp3) is 0.441. The lowest BCUT2D eigenvalue weighted by atomic mass is 9.66. The molecule has 1 N–H and O–H groups in total. The van der Waals surface area contributed by atoms with Crippen LogP contribution in [0.1, 0.15) is 62.0 Å². The molecular weight excluding hydrogens is 584 g/mol. The number of carbonyl (C=O) groups excluding carboxylic acids is 1. The number of amides is 1. The zero-order valence-electron chi connectivity index (χ0n) is 25.5. The van der Waals surface area contributed by atoms with Gasteiger partial charge in [0.25, 0.3) is 15.9 Å². The quantitative estimate of drug-likeness (QED) is 0.371. The molecule has 6 rings (SSSR count). The van der Waals surface area contributed by atoms with Crippen LogP contribution in [-0.4, -0.2) is 57.6 Å². The molecule has 3 aromatic rings. The Kier molecular flexibility index (Phi) is 7.83. The summed E-state index contributed by atoms with van der Waals surface area (Å²) in [5.74, 6) is -1.21. The molecular formula is C34H39F2N3O4S. The van der Waals surface area contributed by atoms with Gasteiger partial charge in [0.15, 0.2) is 0 Å². The van der Waals surface area contributed by atoms with Crippen LogP contribution in [0.15, 0.2) is 71.6 Å². The Balaban J connectivity index is 1.42. The molecule has 1 amide bonds. The number of hydrogen-bond donors (Lipinski definition) is 1. The number of nitrogens with one attached hydrogen (secondary N) is 1. The molecule has 3 aliphatic heterocycles. The molecule has 1 atom stereocenters. The molecule has 44 heavy (non-hydrogen) atoms. The first-order valence-corrected chi connectivity index (χ1v) is 16.6. The number of anilines is 1. The molecule has 234 valence electrons. The first kappa shape index (κ1) is 30.7. The van der Waals surface area contributed by atoms with E-state index in [1.807, 2.05) is 33.8 Å². The maximum atomic E-state index is 14.3. The van der Waals surface area contributed by atoms with E-state index in [2.05, 4.69) is 10.2 Å². The molecule has 7 nitrogen and oxygen atoms in total. The van der Waals surface area contributed by atoms with Crippen LogP contribution < -0.4 is 9.62 Å². The van der Waals surface area contributed by atoms with Crippen LogP contribution in [0.2, 0.25) is 0 Å². The van der Waals surface area contributed by atoms with Crippen molar-refractivity contribution in [2.75, 3.05) is 30.6 Å². The summed E-state index contributed by atoms with van der Waals surface area (Å²) >= 11 is 0. The first-order chi connectivity index (χ1) is 20.8. The van der Waals surface area contributed by atoms with E-state index in [0.29, 0.717) is 30.5 Å². The van der Waals surface area contributed by atoms with E-state index in [-0.39, 0.29) is 22.5 Å². The molecule has 10 heteroatoms. The Morgan fingerprint density at radius 2 is 1.55 bits per heavy atom. The van der Waals surface area contributed by atoms with Gasteiger partial charge in [-0.3, -0.25) is 14.0 Å². The second-order valence-electron chi connectivity index (χ2n) is 13.1. The molecule has 3 aliphatic rings. The molecule has 0 bridgehead atoms. The summed E-state index contributed by atoms with van der Waals surface area (Å²) in [6.07, 6.45) is 1.45. The Morgan fingerprint density at radius 1 is 0.955 bits per heavy atom. The third-order valence-corrected chi connectivity index (χ3v) is 11.5. The van der Waals surface area contributed by atoms with Gasteiger partial charge in [-0.1, -0.05) is 26.0 Å². The van der Waals surface area contributed by atoms with Crippen LogP contribution in [0.25, 0.3) is 0 Å². The molecule has 0 aromatic heterocycles. The number of benzene rings is 3. The average molecular weight is 624 g/mol. The molecule has 1 unspecified atom stereocenters. The predicted molar refractivity (Wildman–Crippen MR) is 165 cm³/mol. The van der Waals surface area contributed by atoms with Crippen LogP contribution in [0, 0.1) is 17.6 Å². The van der Waals surface area contributed by atoms with Crippen molar-refractivity contribution < 1.29 is 26.7 Å². The number of sulfonamides is 1. The van der Waals surface area contributed by atoms with Gasteiger partial charge in [-0.2, -0.15) is 0 Å². The van der Waals surface area contributed by atoms with Crippen molar-refractivity contribution in [1.29, 1.82) is 0 Å². The number of hydrogen-bond acceptors (Lipinski definition) is 5. The molecule has 3 heterocycles. The van der Waals surface area contributed by atoms with Crippen molar-refractivity contribution in [2.24, 2.45) is 5.92 Å². The Hall–Kier alpha value is -3.34. The van der Waals surface area contributed by atoms with Gasteiger partial charge in [-0.05, 0) is 111 Å². The SMILES string of the molecule is CC(C)C1N(S(=O)(=O)c2ccc(F)cc2)c2ccc(C(=O)NC(C)(C)c3ccc(F)cc3)cc2C12CCN(C1COC1)CC2. The van der Waals surface area contributed by atoms with Gasteiger partial charge in [0.05, 0.1) is 41.4 Å². The van der Waals surface area contributed by atoms with Crippen molar-refractivity contribution >= 4 is 21.6 Å². The summed E-state index contributed by atoms with van der Waals surface area (Å²) in [5, 5.41) is 3.08. The normalized spacial score (nSPS) is 20.5. The molecule has 0 saturated carbocycles. The standard InChI is InChI=1S/C34H39F2N3O4S/c1-22(2)31-34(15-17-38(18-16-34)27-20-43-21-27)29-19-23(32(40)37-33(3,4)24-6-8-25(35)9-7-24)5-14-30(29)39(31)44(41,42)28-12-10-26(36)11-13-28/h5-14,19,22,27,31H,15-18,20-21H2,1-4H3,(H,37,40). The van der Waals surface area contributed by atoms with E-state index in [1.165, 1.54) is 40.7 Å². The van der Waals surface area contributed by atoms with E-state index < -0.39 is 32.8 Å². The van der Waals surface area contributed by atoms with Crippen LogP contribution in [0.4, 0.5) is 14.5 Å².